The standard InChI is InChI=1S/C23H27N3O2S/c1-16-5-4-7-18(13-16)21(27)8-3-2-6-17-9-11-19(12-10-17)25-22(28)14-20-15-29-23(24)26-20/h4-5,7,9-13,15,21,27H,2-3,6,8,14H2,1H3,(H2,24,26)(H,25,28)/t21-/m0/s1/i2D2,4D,5D,6D2,7D,13D,15D,21D. The van der Waals surface area contributed by atoms with Crippen molar-refractivity contribution in [1.82, 2.24) is 4.98 Å². The highest BCUT2D eigenvalue weighted by molar-refractivity contribution is 7.13. The number of carbonyl (C=O) groups is 1. The Morgan fingerprint density at radius 3 is 2.93 bits per heavy atom. The first-order valence-corrected chi connectivity index (χ1v) is 9.62. The number of amides is 1. The summed E-state index contributed by atoms with van der Waals surface area (Å²) in [5.74, 6) is -0.471. The van der Waals surface area contributed by atoms with Crippen LogP contribution in [-0.2, 0) is 17.6 Å². The molecule has 0 unspecified atom stereocenters. The highest BCUT2D eigenvalue weighted by Crippen LogP contribution is 2.21. The van der Waals surface area contributed by atoms with Gasteiger partial charge in [-0.05, 0) is 49.4 Å². The molecule has 0 radical (unpaired) electrons. The number of hydrogen-bond acceptors (Lipinski definition) is 5. The lowest BCUT2D eigenvalue weighted by atomic mass is 10.00. The summed E-state index contributed by atoms with van der Waals surface area (Å²) in [4.78, 5) is 16.2. The molecule has 3 rings (SSSR count). The number of aliphatic hydroxyl groups is 1. The van der Waals surface area contributed by atoms with Gasteiger partial charge in [0.1, 0.15) is 0 Å². The fraction of sp³-hybridized carbons (Fsp3) is 0.304. The number of aryl methyl sites for hydroxylation is 1. The number of benzene rings is 2. The fourth-order valence-corrected chi connectivity index (χ4v) is 2.91. The Bertz CT molecular complexity index is 1360. The van der Waals surface area contributed by atoms with Gasteiger partial charge in [-0.15, -0.1) is 11.3 Å². The minimum atomic E-state index is -2.67. The Kier molecular flexibility index (Phi) is 4.03. The average molecular weight is 420 g/mol. The number of rotatable bonds is 9. The lowest BCUT2D eigenvalue weighted by Gasteiger charge is -2.11. The van der Waals surface area contributed by atoms with E-state index in [4.69, 9.17) is 19.4 Å². The molecule has 1 heterocycles. The van der Waals surface area contributed by atoms with Gasteiger partial charge >= 0.3 is 0 Å². The van der Waals surface area contributed by atoms with Gasteiger partial charge in [0.05, 0.1) is 26.4 Å². The topological polar surface area (TPSA) is 88.2 Å². The number of thiazole rings is 1. The molecule has 29 heavy (non-hydrogen) atoms. The first-order chi connectivity index (χ1) is 17.9. The van der Waals surface area contributed by atoms with Gasteiger partial charge in [0.2, 0.25) is 5.91 Å². The molecule has 0 saturated heterocycles. The van der Waals surface area contributed by atoms with Crippen LogP contribution in [0.1, 0.15) is 61.4 Å². The van der Waals surface area contributed by atoms with E-state index in [2.05, 4.69) is 10.3 Å². The van der Waals surface area contributed by atoms with Crippen LogP contribution in [0, 0.1) is 6.92 Å². The van der Waals surface area contributed by atoms with Crippen molar-refractivity contribution in [1.29, 1.82) is 0 Å². The number of nitrogen functional groups attached to an aromatic ring is 1. The van der Waals surface area contributed by atoms with E-state index >= 15 is 0 Å². The second-order valence-electron chi connectivity index (χ2n) is 6.15. The van der Waals surface area contributed by atoms with Crippen LogP contribution < -0.4 is 11.1 Å². The summed E-state index contributed by atoms with van der Waals surface area (Å²) in [6, 6.07) is 3.30. The number of nitrogens with one attached hydrogen (secondary N) is 1. The van der Waals surface area contributed by atoms with Crippen LogP contribution in [0.3, 0.4) is 0 Å². The summed E-state index contributed by atoms with van der Waals surface area (Å²) in [7, 11) is 0. The maximum absolute atomic E-state index is 12.3. The van der Waals surface area contributed by atoms with Crippen LogP contribution in [0.15, 0.2) is 53.8 Å². The summed E-state index contributed by atoms with van der Waals surface area (Å²) in [5.41, 5.74) is 5.47. The average Bonchev–Trinajstić information content (AvgIpc) is 3.16. The number of nitrogens with two attached hydrogens (primary N) is 1. The molecule has 1 atom stereocenters. The Balaban J connectivity index is 1.74. The quantitative estimate of drug-likeness (QED) is 0.471. The van der Waals surface area contributed by atoms with Crippen molar-refractivity contribution in [3.63, 3.8) is 0 Å². The van der Waals surface area contributed by atoms with E-state index < -0.39 is 61.3 Å². The first-order valence-electron chi connectivity index (χ1n) is 13.8. The fourth-order valence-electron chi connectivity index (χ4n) is 2.41. The molecule has 0 aliphatic heterocycles. The van der Waals surface area contributed by atoms with Gasteiger partial charge in [-0.25, -0.2) is 4.98 Å². The molecule has 2 aromatic carbocycles. The minimum absolute atomic E-state index is 0.00181. The van der Waals surface area contributed by atoms with Gasteiger partial charge < -0.3 is 16.2 Å². The smallest absolute Gasteiger partial charge is 0.230 e. The highest BCUT2D eigenvalue weighted by atomic mass is 32.1. The van der Waals surface area contributed by atoms with E-state index in [9.17, 15) is 9.90 Å². The molecule has 0 fully saturated rings. The SMILES string of the molecule is [2H]c1sc(N)nc1CC(=O)Nc1ccc(C([2H])([2H])C([2H])([2H])CC[C@]([2H])(O)c2c([2H])c([2H])c([2H])c(C)c2[2H])cc1. The second kappa shape index (κ2) is 10.2. The van der Waals surface area contributed by atoms with E-state index in [1.165, 1.54) is 31.2 Å². The van der Waals surface area contributed by atoms with Crippen molar-refractivity contribution in [2.45, 2.75) is 45.0 Å². The van der Waals surface area contributed by atoms with Crippen molar-refractivity contribution in [2.24, 2.45) is 0 Å². The van der Waals surface area contributed by atoms with Crippen LogP contribution in [0.2, 0.25) is 0 Å². The molecule has 1 aromatic heterocycles. The molecule has 5 nitrogen and oxygen atoms in total. The van der Waals surface area contributed by atoms with Crippen molar-refractivity contribution >= 4 is 28.1 Å². The molecule has 1 amide bonds. The molecule has 0 spiro atoms. The summed E-state index contributed by atoms with van der Waals surface area (Å²) in [5, 5.41) is 13.6. The van der Waals surface area contributed by atoms with Crippen molar-refractivity contribution in [3.8, 4) is 0 Å². The minimum Gasteiger partial charge on any atom is -0.388 e. The predicted octanol–water partition coefficient (Wildman–Crippen LogP) is 4.66. The predicted molar refractivity (Wildman–Crippen MR) is 119 cm³/mol. The Labute approximate surface area is 189 Å². The summed E-state index contributed by atoms with van der Waals surface area (Å²) >= 11 is 0.946. The molecule has 0 saturated carbocycles. The third kappa shape index (κ3) is 6.69. The molecule has 0 aliphatic carbocycles. The monoisotopic (exact) mass is 419 g/mol. The largest absolute Gasteiger partial charge is 0.388 e. The van der Waals surface area contributed by atoms with E-state index in [0.717, 1.165) is 11.3 Å². The summed E-state index contributed by atoms with van der Waals surface area (Å²) in [6.45, 7) is 1.35. The molecule has 152 valence electrons. The van der Waals surface area contributed by atoms with E-state index in [0.29, 0.717) is 5.69 Å². The molecular formula is C23H27N3O2S. The van der Waals surface area contributed by atoms with Crippen molar-refractivity contribution in [2.75, 3.05) is 11.1 Å². The normalized spacial score (nSPS) is 19.0. The van der Waals surface area contributed by atoms with Gasteiger partial charge in [0.25, 0.3) is 0 Å². The summed E-state index contributed by atoms with van der Waals surface area (Å²) in [6.07, 6.45) is -9.40. The van der Waals surface area contributed by atoms with Gasteiger partial charge in [-0.3, -0.25) is 4.79 Å². The number of aromatic nitrogens is 1. The summed E-state index contributed by atoms with van der Waals surface area (Å²) < 4.78 is 81.6. The van der Waals surface area contributed by atoms with Crippen LogP contribution in [0.5, 0.6) is 0 Å². The number of anilines is 2. The highest BCUT2D eigenvalue weighted by Gasteiger charge is 2.08. The zero-order valence-electron chi connectivity index (χ0n) is 25.7. The van der Waals surface area contributed by atoms with E-state index in [1.807, 2.05) is 0 Å². The first kappa shape index (κ1) is 11.5. The lowest BCUT2D eigenvalue weighted by molar-refractivity contribution is -0.115. The molecule has 3 aromatic rings. The molecule has 6 heteroatoms. The Hall–Kier alpha value is -2.70. The molecule has 4 N–H and O–H groups in total. The van der Waals surface area contributed by atoms with E-state index in [-0.39, 0.29) is 39.8 Å². The number of nitrogens with zero attached hydrogens (tertiary/aromatic N) is 1. The zero-order valence-corrected chi connectivity index (χ0v) is 16.5. The third-order valence-corrected chi connectivity index (χ3v) is 4.41. The lowest BCUT2D eigenvalue weighted by Crippen LogP contribution is -2.14. The van der Waals surface area contributed by atoms with Crippen LogP contribution >= 0.6 is 11.3 Å². The van der Waals surface area contributed by atoms with E-state index in [1.54, 1.807) is 0 Å². The van der Waals surface area contributed by atoms with Gasteiger partial charge in [-0.2, -0.15) is 0 Å². The third-order valence-electron chi connectivity index (χ3n) is 3.77. The van der Waals surface area contributed by atoms with Crippen molar-refractivity contribution < 1.29 is 23.6 Å². The Morgan fingerprint density at radius 2 is 2.21 bits per heavy atom. The number of hydrogen-bond donors (Lipinski definition) is 3. The van der Waals surface area contributed by atoms with Gasteiger partial charge in [0, 0.05) is 16.5 Å². The van der Waals surface area contributed by atoms with Crippen LogP contribution in [0.4, 0.5) is 10.8 Å². The second-order valence-corrected chi connectivity index (χ2v) is 6.98. The van der Waals surface area contributed by atoms with Crippen LogP contribution in [0.25, 0.3) is 0 Å². The molecular weight excluding hydrogens is 382 g/mol. The Morgan fingerprint density at radius 1 is 1.41 bits per heavy atom. The van der Waals surface area contributed by atoms with Gasteiger partial charge in [0.15, 0.2) is 5.13 Å². The molecule has 0 bridgehead atoms. The molecule has 0 aliphatic rings. The maximum atomic E-state index is 12.3. The van der Waals surface area contributed by atoms with Gasteiger partial charge in [-0.1, -0.05) is 48.3 Å². The number of carbonyl (C=O) groups excluding carboxylic acids is 1. The maximum Gasteiger partial charge on any atom is 0.230 e. The van der Waals surface area contributed by atoms with Crippen LogP contribution in [-0.4, -0.2) is 16.0 Å². The van der Waals surface area contributed by atoms with Crippen molar-refractivity contribution in [3.05, 3.63) is 76.2 Å². The zero-order chi connectivity index (χ0) is 29.5.